The van der Waals surface area contributed by atoms with E-state index in [1.54, 1.807) is 24.3 Å². The van der Waals surface area contributed by atoms with E-state index in [1.807, 2.05) is 6.92 Å². The van der Waals surface area contributed by atoms with Crippen LogP contribution in [0.15, 0.2) is 24.3 Å². The van der Waals surface area contributed by atoms with Gasteiger partial charge in [-0.05, 0) is 31.9 Å². The second kappa shape index (κ2) is 5.97. The minimum atomic E-state index is -3.79. The molecule has 7 nitrogen and oxygen atoms in total. The van der Waals surface area contributed by atoms with Gasteiger partial charge in [-0.25, -0.2) is 5.50 Å². The first-order chi connectivity index (χ1) is 9.81. The standard InChI is InChI=1S/C13H19N4O3P/c1-9-4-6-10(7-5-9)12(18)16-21(15,20)17-8-2-3-11(14)13(17)19/h4-7,11H,2-3,8,14H2,1H3,(H3,15,16,18,20)/t11-,21?/m0/s1. The van der Waals surface area contributed by atoms with Crippen molar-refractivity contribution in [3.8, 4) is 0 Å². The molecule has 0 bridgehead atoms. The minimum absolute atomic E-state index is 0.231. The van der Waals surface area contributed by atoms with Crippen LogP contribution in [0.1, 0.15) is 28.8 Å². The molecule has 1 aliphatic heterocycles. The van der Waals surface area contributed by atoms with Gasteiger partial charge in [-0.1, -0.05) is 17.7 Å². The number of benzene rings is 1. The van der Waals surface area contributed by atoms with Crippen molar-refractivity contribution in [2.45, 2.75) is 25.8 Å². The maximum atomic E-state index is 12.5. The van der Waals surface area contributed by atoms with Crippen LogP contribution in [0, 0.1) is 6.92 Å². The van der Waals surface area contributed by atoms with Gasteiger partial charge in [-0.2, -0.15) is 0 Å². The summed E-state index contributed by atoms with van der Waals surface area (Å²) in [7, 11) is -3.79. The third kappa shape index (κ3) is 3.50. The van der Waals surface area contributed by atoms with Gasteiger partial charge in [0.2, 0.25) is 5.91 Å². The number of carbonyl (C=O) groups excluding carboxylic acids is 2. The highest BCUT2D eigenvalue weighted by molar-refractivity contribution is 7.58. The molecule has 0 saturated carbocycles. The number of nitrogens with two attached hydrogens (primary N) is 2. The molecule has 114 valence electrons. The second-order valence-corrected chi connectivity index (χ2v) is 7.09. The van der Waals surface area contributed by atoms with E-state index in [2.05, 4.69) is 5.09 Å². The topological polar surface area (TPSA) is 119 Å². The zero-order valence-corrected chi connectivity index (χ0v) is 12.7. The molecule has 1 saturated heterocycles. The molecule has 2 atom stereocenters. The second-order valence-electron chi connectivity index (χ2n) is 5.14. The van der Waals surface area contributed by atoms with Crippen molar-refractivity contribution in [2.24, 2.45) is 11.2 Å². The largest absolute Gasteiger partial charge is 0.332 e. The van der Waals surface area contributed by atoms with E-state index in [0.29, 0.717) is 18.4 Å². The first-order valence-electron chi connectivity index (χ1n) is 6.66. The highest BCUT2D eigenvalue weighted by Gasteiger charge is 2.37. The number of piperidine rings is 1. The van der Waals surface area contributed by atoms with Crippen molar-refractivity contribution in [1.29, 1.82) is 0 Å². The summed E-state index contributed by atoms with van der Waals surface area (Å²) in [5, 5.41) is 2.26. The molecule has 2 amide bonds. The van der Waals surface area contributed by atoms with Crippen LogP contribution in [0.5, 0.6) is 0 Å². The van der Waals surface area contributed by atoms with Gasteiger partial charge in [-0.15, -0.1) is 0 Å². The van der Waals surface area contributed by atoms with Crippen molar-refractivity contribution in [3.63, 3.8) is 0 Å². The Balaban J connectivity index is 2.13. The Morgan fingerprint density at radius 2 is 2.00 bits per heavy atom. The Kier molecular flexibility index (Phi) is 4.46. The van der Waals surface area contributed by atoms with Crippen molar-refractivity contribution < 1.29 is 14.2 Å². The third-order valence-corrected chi connectivity index (χ3v) is 5.03. The van der Waals surface area contributed by atoms with Gasteiger partial charge >= 0.3 is 7.59 Å². The SMILES string of the molecule is Cc1ccc(C(=O)NP(N)(=O)N2CCC[C@H](N)C2=O)cc1. The maximum Gasteiger partial charge on any atom is 0.332 e. The molecule has 1 fully saturated rings. The predicted molar refractivity (Wildman–Crippen MR) is 79.4 cm³/mol. The van der Waals surface area contributed by atoms with Gasteiger partial charge < -0.3 is 5.73 Å². The fraction of sp³-hybridized carbons (Fsp3) is 0.385. The van der Waals surface area contributed by atoms with E-state index in [0.717, 1.165) is 10.2 Å². The first kappa shape index (κ1) is 15.7. The number of nitrogens with one attached hydrogen (secondary N) is 1. The smallest absolute Gasteiger partial charge is 0.320 e. The average molecular weight is 310 g/mol. The van der Waals surface area contributed by atoms with E-state index in [-0.39, 0.29) is 6.54 Å². The molecule has 1 heterocycles. The van der Waals surface area contributed by atoms with Gasteiger partial charge in [-0.3, -0.25) is 23.9 Å². The van der Waals surface area contributed by atoms with Crippen LogP contribution in [0.3, 0.4) is 0 Å². The lowest BCUT2D eigenvalue weighted by molar-refractivity contribution is -0.129. The number of hydrogen-bond acceptors (Lipinski definition) is 4. The Hall–Kier alpha value is -1.69. The number of rotatable bonds is 3. The molecule has 0 aromatic heterocycles. The summed E-state index contributed by atoms with van der Waals surface area (Å²) in [6.45, 7) is 2.12. The van der Waals surface area contributed by atoms with Crippen LogP contribution in [0.25, 0.3) is 0 Å². The summed E-state index contributed by atoms with van der Waals surface area (Å²) >= 11 is 0. The zero-order chi connectivity index (χ0) is 15.6. The molecule has 5 N–H and O–H groups in total. The minimum Gasteiger partial charge on any atom is -0.320 e. The van der Waals surface area contributed by atoms with Gasteiger partial charge in [0.05, 0.1) is 6.04 Å². The van der Waals surface area contributed by atoms with Gasteiger partial charge in [0.1, 0.15) is 0 Å². The molecule has 1 aromatic carbocycles. The van der Waals surface area contributed by atoms with Crippen LogP contribution < -0.4 is 16.3 Å². The number of nitrogens with zero attached hydrogens (tertiary/aromatic N) is 1. The lowest BCUT2D eigenvalue weighted by Crippen LogP contribution is -2.50. The molecule has 1 aliphatic rings. The highest BCUT2D eigenvalue weighted by atomic mass is 31.2. The van der Waals surface area contributed by atoms with Crippen LogP contribution in [0.4, 0.5) is 0 Å². The molecule has 0 aliphatic carbocycles. The number of carbonyl (C=O) groups is 2. The fourth-order valence-corrected chi connectivity index (χ4v) is 3.58. The van der Waals surface area contributed by atoms with Crippen LogP contribution >= 0.6 is 7.59 Å². The van der Waals surface area contributed by atoms with Crippen LogP contribution in [-0.2, 0) is 9.36 Å². The zero-order valence-electron chi connectivity index (χ0n) is 11.8. The third-order valence-electron chi connectivity index (χ3n) is 3.39. The van der Waals surface area contributed by atoms with Crippen molar-refractivity contribution >= 4 is 19.4 Å². The normalized spacial score (nSPS) is 21.8. The van der Waals surface area contributed by atoms with E-state index in [1.165, 1.54) is 0 Å². The maximum absolute atomic E-state index is 12.5. The Bertz CT molecular complexity index is 602. The molecule has 21 heavy (non-hydrogen) atoms. The van der Waals surface area contributed by atoms with Gasteiger partial charge in [0.15, 0.2) is 0 Å². The molecular formula is C13H19N4O3P. The average Bonchev–Trinajstić information content (AvgIpc) is 2.41. The quantitative estimate of drug-likeness (QED) is 0.712. The molecule has 1 unspecified atom stereocenters. The Labute approximate surface area is 123 Å². The Morgan fingerprint density at radius 3 is 2.62 bits per heavy atom. The lowest BCUT2D eigenvalue weighted by Gasteiger charge is -2.34. The molecule has 2 rings (SSSR count). The summed E-state index contributed by atoms with van der Waals surface area (Å²) in [6.07, 6.45) is 1.13. The monoisotopic (exact) mass is 310 g/mol. The summed E-state index contributed by atoms with van der Waals surface area (Å²) in [5.41, 5.74) is 12.7. The van der Waals surface area contributed by atoms with E-state index >= 15 is 0 Å². The van der Waals surface area contributed by atoms with Crippen molar-refractivity contribution in [3.05, 3.63) is 35.4 Å². The van der Waals surface area contributed by atoms with Crippen LogP contribution in [-0.4, -0.2) is 29.1 Å². The van der Waals surface area contributed by atoms with E-state index in [9.17, 15) is 14.2 Å². The predicted octanol–water partition coefficient (Wildman–Crippen LogP) is 0.741. The summed E-state index contributed by atoms with van der Waals surface area (Å²) in [4.78, 5) is 24.0. The number of hydrogen-bond donors (Lipinski definition) is 3. The van der Waals surface area contributed by atoms with Crippen molar-refractivity contribution in [2.75, 3.05) is 6.54 Å². The molecule has 0 radical (unpaired) electrons. The lowest BCUT2D eigenvalue weighted by atomic mass is 10.1. The first-order valence-corrected chi connectivity index (χ1v) is 8.39. The van der Waals surface area contributed by atoms with E-state index in [4.69, 9.17) is 11.2 Å². The van der Waals surface area contributed by atoms with Gasteiger partial charge in [0, 0.05) is 12.1 Å². The van der Waals surface area contributed by atoms with Crippen LogP contribution in [0.2, 0.25) is 0 Å². The summed E-state index contributed by atoms with van der Waals surface area (Å²) < 4.78 is 13.5. The molecule has 8 heteroatoms. The highest BCUT2D eigenvalue weighted by Crippen LogP contribution is 2.39. The van der Waals surface area contributed by atoms with Gasteiger partial charge in [0.25, 0.3) is 5.91 Å². The summed E-state index contributed by atoms with van der Waals surface area (Å²) in [6, 6.07) is 6.02. The van der Waals surface area contributed by atoms with E-state index < -0.39 is 25.5 Å². The number of amides is 2. The summed E-state index contributed by atoms with van der Waals surface area (Å²) in [5.74, 6) is -1.07. The molecule has 0 spiro atoms. The van der Waals surface area contributed by atoms with Crippen molar-refractivity contribution in [1.82, 2.24) is 9.76 Å². The molecule has 1 aromatic rings. The Morgan fingerprint density at radius 1 is 1.38 bits per heavy atom. The molecular weight excluding hydrogens is 291 g/mol. The fourth-order valence-electron chi connectivity index (χ4n) is 2.16. The number of aryl methyl sites for hydroxylation is 1.